The standard InChI is InChI=1S/C18H18N4OS2/c23-17-15-13-8-4-5-9-14(13)25-16(15)20-11-22(17)21-18(24)19-10-12-6-2-1-3-7-12/h1-3,6-7,11H,4-5,8-10H2,(H2,19,21,24). The van der Waals surface area contributed by atoms with Crippen LogP contribution in [0.1, 0.15) is 28.8 Å². The van der Waals surface area contributed by atoms with Gasteiger partial charge in [-0.3, -0.25) is 10.2 Å². The van der Waals surface area contributed by atoms with Gasteiger partial charge < -0.3 is 5.32 Å². The number of benzene rings is 1. The Hall–Kier alpha value is -2.25. The second-order valence-corrected chi connectivity index (χ2v) is 7.58. The van der Waals surface area contributed by atoms with E-state index < -0.39 is 0 Å². The summed E-state index contributed by atoms with van der Waals surface area (Å²) in [6.45, 7) is 0.602. The molecule has 0 radical (unpaired) electrons. The quantitative estimate of drug-likeness (QED) is 0.694. The van der Waals surface area contributed by atoms with Crippen molar-refractivity contribution in [3.8, 4) is 0 Å². The van der Waals surface area contributed by atoms with Crippen LogP contribution in [0, 0.1) is 0 Å². The van der Waals surface area contributed by atoms with Crippen molar-refractivity contribution >= 4 is 38.9 Å². The number of aromatic nitrogens is 2. The molecule has 1 aromatic carbocycles. The van der Waals surface area contributed by atoms with Gasteiger partial charge in [0.1, 0.15) is 11.2 Å². The van der Waals surface area contributed by atoms with E-state index in [4.69, 9.17) is 12.2 Å². The fourth-order valence-corrected chi connectivity index (χ4v) is 4.54. The van der Waals surface area contributed by atoms with Crippen molar-refractivity contribution < 1.29 is 0 Å². The molecule has 0 saturated heterocycles. The first kappa shape index (κ1) is 16.2. The summed E-state index contributed by atoms with van der Waals surface area (Å²) < 4.78 is 1.38. The van der Waals surface area contributed by atoms with Crippen LogP contribution >= 0.6 is 23.6 Å². The smallest absolute Gasteiger partial charge is 0.281 e. The number of hydrogen-bond acceptors (Lipinski definition) is 4. The summed E-state index contributed by atoms with van der Waals surface area (Å²) in [6.07, 6.45) is 5.87. The molecule has 5 nitrogen and oxygen atoms in total. The molecule has 0 unspecified atom stereocenters. The summed E-state index contributed by atoms with van der Waals surface area (Å²) in [5.74, 6) is 0. The first-order valence-corrected chi connectivity index (χ1v) is 9.55. The maximum Gasteiger partial charge on any atom is 0.281 e. The number of thiocarbonyl (C=S) groups is 1. The summed E-state index contributed by atoms with van der Waals surface area (Å²) in [6, 6.07) is 9.98. The van der Waals surface area contributed by atoms with E-state index in [2.05, 4.69) is 15.7 Å². The van der Waals surface area contributed by atoms with Crippen molar-refractivity contribution in [2.24, 2.45) is 0 Å². The molecule has 1 aliphatic rings. The number of nitrogens with zero attached hydrogens (tertiary/aromatic N) is 2. The molecule has 7 heteroatoms. The van der Waals surface area contributed by atoms with Crippen LogP contribution in [0.5, 0.6) is 0 Å². The molecule has 0 atom stereocenters. The maximum absolute atomic E-state index is 12.9. The third kappa shape index (κ3) is 3.29. The molecule has 25 heavy (non-hydrogen) atoms. The number of nitrogens with one attached hydrogen (secondary N) is 2. The molecule has 0 spiro atoms. The molecular weight excluding hydrogens is 352 g/mol. The zero-order valence-corrected chi connectivity index (χ0v) is 15.3. The third-order valence-corrected chi connectivity index (χ3v) is 5.83. The van der Waals surface area contributed by atoms with Crippen LogP contribution in [0.15, 0.2) is 41.5 Å². The molecule has 3 aromatic rings. The molecular formula is C18H18N4OS2. The molecule has 4 rings (SSSR count). The van der Waals surface area contributed by atoms with E-state index in [0.29, 0.717) is 11.7 Å². The van der Waals surface area contributed by atoms with Gasteiger partial charge in [-0.15, -0.1) is 11.3 Å². The Morgan fingerprint density at radius 3 is 2.88 bits per heavy atom. The van der Waals surface area contributed by atoms with Crippen LogP contribution < -0.4 is 16.3 Å². The molecule has 0 bridgehead atoms. The Morgan fingerprint density at radius 2 is 2.04 bits per heavy atom. The lowest BCUT2D eigenvalue weighted by Gasteiger charge is -2.13. The minimum Gasteiger partial charge on any atom is -0.357 e. The average Bonchev–Trinajstić information content (AvgIpc) is 3.02. The van der Waals surface area contributed by atoms with Crippen molar-refractivity contribution in [1.29, 1.82) is 0 Å². The highest BCUT2D eigenvalue weighted by atomic mass is 32.1. The Kier molecular flexibility index (Phi) is 4.50. The fourth-order valence-electron chi connectivity index (χ4n) is 3.15. The molecule has 0 fully saturated rings. The fraction of sp³-hybridized carbons (Fsp3) is 0.278. The van der Waals surface area contributed by atoms with Gasteiger partial charge >= 0.3 is 0 Å². The number of fused-ring (bicyclic) bond motifs is 3. The summed E-state index contributed by atoms with van der Waals surface area (Å²) >= 11 is 6.96. The van der Waals surface area contributed by atoms with E-state index in [1.54, 1.807) is 11.3 Å². The molecule has 0 amide bonds. The van der Waals surface area contributed by atoms with Crippen molar-refractivity contribution in [2.45, 2.75) is 32.2 Å². The van der Waals surface area contributed by atoms with Crippen LogP contribution in [-0.2, 0) is 19.4 Å². The van der Waals surface area contributed by atoms with Crippen LogP contribution in [0.3, 0.4) is 0 Å². The molecule has 128 valence electrons. The molecule has 0 aliphatic heterocycles. The van der Waals surface area contributed by atoms with Gasteiger partial charge in [0.15, 0.2) is 5.11 Å². The van der Waals surface area contributed by atoms with E-state index in [-0.39, 0.29) is 5.56 Å². The summed E-state index contributed by atoms with van der Waals surface area (Å²) in [4.78, 5) is 19.4. The SMILES string of the molecule is O=c1c2c3c(sc2ncn1NC(=S)NCc1ccccc1)CCCC3. The third-order valence-electron chi connectivity index (χ3n) is 4.39. The average molecular weight is 371 g/mol. The second-order valence-electron chi connectivity index (χ2n) is 6.09. The number of hydrogen-bond donors (Lipinski definition) is 2. The predicted octanol–water partition coefficient (Wildman–Crippen LogP) is 2.96. The second kappa shape index (κ2) is 6.93. The summed E-state index contributed by atoms with van der Waals surface area (Å²) in [5, 5.41) is 4.26. The van der Waals surface area contributed by atoms with Gasteiger partial charge in [-0.2, -0.15) is 0 Å². The molecule has 1 aliphatic carbocycles. The van der Waals surface area contributed by atoms with E-state index in [1.165, 1.54) is 27.9 Å². The highest BCUT2D eigenvalue weighted by molar-refractivity contribution is 7.80. The lowest BCUT2D eigenvalue weighted by atomic mass is 9.97. The zero-order valence-electron chi connectivity index (χ0n) is 13.6. The van der Waals surface area contributed by atoms with Gasteiger partial charge in [0.25, 0.3) is 5.56 Å². The topological polar surface area (TPSA) is 59.0 Å². The number of thiophene rings is 1. The first-order chi connectivity index (χ1) is 12.2. The maximum atomic E-state index is 12.9. The highest BCUT2D eigenvalue weighted by Gasteiger charge is 2.20. The van der Waals surface area contributed by atoms with Crippen molar-refractivity contribution in [1.82, 2.24) is 15.0 Å². The summed E-state index contributed by atoms with van der Waals surface area (Å²) in [7, 11) is 0. The Balaban J connectivity index is 1.54. The van der Waals surface area contributed by atoms with Gasteiger partial charge in [0.05, 0.1) is 5.39 Å². The predicted molar refractivity (Wildman–Crippen MR) is 106 cm³/mol. The Bertz CT molecular complexity index is 978. The number of aryl methyl sites for hydroxylation is 2. The van der Waals surface area contributed by atoms with Gasteiger partial charge in [-0.1, -0.05) is 30.3 Å². The minimum atomic E-state index is -0.0757. The highest BCUT2D eigenvalue weighted by Crippen LogP contribution is 2.33. The van der Waals surface area contributed by atoms with Gasteiger partial charge in [0, 0.05) is 11.4 Å². The first-order valence-electron chi connectivity index (χ1n) is 8.33. The van der Waals surface area contributed by atoms with Gasteiger partial charge in [0.2, 0.25) is 0 Å². The minimum absolute atomic E-state index is 0.0757. The van der Waals surface area contributed by atoms with Crippen LogP contribution in [-0.4, -0.2) is 14.8 Å². The molecule has 2 aromatic heterocycles. The Labute approximate surface area is 154 Å². The molecule has 0 saturated carbocycles. The van der Waals surface area contributed by atoms with Gasteiger partial charge in [-0.25, -0.2) is 9.66 Å². The molecule has 2 heterocycles. The van der Waals surface area contributed by atoms with E-state index >= 15 is 0 Å². The van der Waals surface area contributed by atoms with Crippen LogP contribution in [0.2, 0.25) is 0 Å². The van der Waals surface area contributed by atoms with E-state index in [0.717, 1.165) is 35.0 Å². The lowest BCUT2D eigenvalue weighted by Crippen LogP contribution is -2.39. The monoisotopic (exact) mass is 370 g/mol. The summed E-state index contributed by atoms with van der Waals surface area (Å²) in [5.41, 5.74) is 5.17. The van der Waals surface area contributed by atoms with Gasteiger partial charge in [-0.05, 0) is 49.0 Å². The van der Waals surface area contributed by atoms with Crippen LogP contribution in [0.4, 0.5) is 0 Å². The normalized spacial score (nSPS) is 13.4. The Morgan fingerprint density at radius 1 is 1.24 bits per heavy atom. The molecule has 2 N–H and O–H groups in total. The lowest BCUT2D eigenvalue weighted by molar-refractivity contribution is 0.699. The zero-order chi connectivity index (χ0) is 17.2. The number of rotatable bonds is 3. The van der Waals surface area contributed by atoms with Crippen molar-refractivity contribution in [3.05, 3.63) is 63.0 Å². The van der Waals surface area contributed by atoms with Crippen LogP contribution in [0.25, 0.3) is 10.2 Å². The van der Waals surface area contributed by atoms with E-state index in [9.17, 15) is 4.79 Å². The van der Waals surface area contributed by atoms with Crippen molar-refractivity contribution in [3.63, 3.8) is 0 Å². The van der Waals surface area contributed by atoms with E-state index in [1.807, 2.05) is 30.3 Å². The van der Waals surface area contributed by atoms with Crippen molar-refractivity contribution in [2.75, 3.05) is 5.43 Å². The largest absolute Gasteiger partial charge is 0.357 e.